The highest BCUT2D eigenvalue weighted by molar-refractivity contribution is 5.78. The summed E-state index contributed by atoms with van der Waals surface area (Å²) in [6.07, 6.45) is 0. The lowest BCUT2D eigenvalue weighted by Crippen LogP contribution is -2.53. The number of likely N-dealkylation sites (N-methyl/N-ethyl adjacent to an activating group) is 1. The van der Waals surface area contributed by atoms with Crippen LogP contribution in [0.5, 0.6) is 0 Å². The molecule has 1 saturated heterocycles. The van der Waals surface area contributed by atoms with Crippen molar-refractivity contribution in [3.05, 3.63) is 35.4 Å². The van der Waals surface area contributed by atoms with E-state index in [0.717, 1.165) is 30.8 Å². The molecule has 0 radical (unpaired) electrons. The van der Waals surface area contributed by atoms with Crippen LogP contribution >= 0.6 is 0 Å². The average molecular weight is 305 g/mol. The molecule has 0 aliphatic carbocycles. The fourth-order valence-corrected chi connectivity index (χ4v) is 2.77. The molecule has 0 aromatic heterocycles. The van der Waals surface area contributed by atoms with E-state index in [1.54, 1.807) is 7.11 Å². The zero-order valence-electron chi connectivity index (χ0n) is 13.8. The predicted octanol–water partition coefficient (Wildman–Crippen LogP) is 1.09. The van der Waals surface area contributed by atoms with Crippen LogP contribution in [-0.2, 0) is 22.7 Å². The molecule has 1 aliphatic heterocycles. The lowest BCUT2D eigenvalue weighted by molar-refractivity contribution is -0.123. The van der Waals surface area contributed by atoms with Crippen LogP contribution in [0.4, 0.5) is 0 Å². The van der Waals surface area contributed by atoms with E-state index in [2.05, 4.69) is 29.1 Å². The number of amides is 1. The van der Waals surface area contributed by atoms with Crippen LogP contribution in [0.2, 0.25) is 0 Å². The minimum atomic E-state index is 0.0948. The van der Waals surface area contributed by atoms with Gasteiger partial charge >= 0.3 is 0 Å². The van der Waals surface area contributed by atoms with Crippen molar-refractivity contribution in [2.45, 2.75) is 26.1 Å². The lowest BCUT2D eigenvalue weighted by Gasteiger charge is -2.37. The van der Waals surface area contributed by atoms with Crippen molar-refractivity contribution in [2.75, 3.05) is 40.3 Å². The molecule has 1 aliphatic rings. The van der Waals surface area contributed by atoms with Crippen molar-refractivity contribution in [1.29, 1.82) is 0 Å². The Labute approximate surface area is 133 Å². The van der Waals surface area contributed by atoms with Crippen molar-refractivity contribution >= 4 is 5.91 Å². The van der Waals surface area contributed by atoms with Crippen LogP contribution in [-0.4, -0.2) is 62.1 Å². The topological polar surface area (TPSA) is 44.8 Å². The van der Waals surface area contributed by atoms with Gasteiger partial charge in [-0.3, -0.25) is 9.69 Å². The zero-order chi connectivity index (χ0) is 15.9. The number of carbonyl (C=O) groups is 1. The highest BCUT2D eigenvalue weighted by atomic mass is 16.5. The van der Waals surface area contributed by atoms with Crippen molar-refractivity contribution in [1.82, 2.24) is 15.1 Å². The second-order valence-corrected chi connectivity index (χ2v) is 6.11. The molecule has 1 amide bonds. The molecule has 1 aromatic rings. The molecular formula is C17H27N3O2. The highest BCUT2D eigenvalue weighted by Crippen LogP contribution is 2.08. The molecule has 0 unspecified atom stereocenters. The minimum Gasteiger partial charge on any atom is -0.380 e. The maximum atomic E-state index is 12.1. The molecule has 1 N–H and O–H groups in total. The number of piperazine rings is 1. The monoisotopic (exact) mass is 305 g/mol. The summed E-state index contributed by atoms with van der Waals surface area (Å²) in [5, 5.41) is 3.00. The van der Waals surface area contributed by atoms with Gasteiger partial charge in [0.05, 0.1) is 13.2 Å². The SMILES string of the molecule is COCc1ccc(CNC(=O)CN2CCN(C)C[C@@H]2C)cc1. The summed E-state index contributed by atoms with van der Waals surface area (Å²) in [7, 11) is 3.81. The van der Waals surface area contributed by atoms with Gasteiger partial charge in [-0.1, -0.05) is 24.3 Å². The number of hydrogen-bond acceptors (Lipinski definition) is 4. The van der Waals surface area contributed by atoms with E-state index < -0.39 is 0 Å². The van der Waals surface area contributed by atoms with E-state index in [-0.39, 0.29) is 5.91 Å². The third-order valence-electron chi connectivity index (χ3n) is 4.14. The van der Waals surface area contributed by atoms with E-state index in [1.807, 2.05) is 24.3 Å². The van der Waals surface area contributed by atoms with E-state index in [0.29, 0.717) is 25.7 Å². The standard InChI is InChI=1S/C17H27N3O2/c1-14-11-19(2)8-9-20(14)12-17(21)18-10-15-4-6-16(7-5-15)13-22-3/h4-7,14H,8-13H2,1-3H3,(H,18,21)/t14-/m0/s1. The van der Waals surface area contributed by atoms with Gasteiger partial charge in [-0.05, 0) is 25.1 Å². The quantitative estimate of drug-likeness (QED) is 0.854. The van der Waals surface area contributed by atoms with Gasteiger partial charge in [0.25, 0.3) is 0 Å². The van der Waals surface area contributed by atoms with Crippen LogP contribution in [0, 0.1) is 0 Å². The van der Waals surface area contributed by atoms with Crippen LogP contribution in [0.15, 0.2) is 24.3 Å². The summed E-state index contributed by atoms with van der Waals surface area (Å²) in [5.74, 6) is 0.0948. The minimum absolute atomic E-state index is 0.0948. The number of rotatable bonds is 6. The number of methoxy groups -OCH3 is 1. The Hall–Kier alpha value is -1.43. The smallest absolute Gasteiger partial charge is 0.234 e. The van der Waals surface area contributed by atoms with Gasteiger partial charge in [0, 0.05) is 39.3 Å². The van der Waals surface area contributed by atoms with Gasteiger partial charge in [0.15, 0.2) is 0 Å². The number of hydrogen-bond donors (Lipinski definition) is 1. The summed E-state index contributed by atoms with van der Waals surface area (Å²) < 4.78 is 5.09. The van der Waals surface area contributed by atoms with Crippen molar-refractivity contribution < 1.29 is 9.53 Å². The number of nitrogens with one attached hydrogen (secondary N) is 1. The molecule has 0 spiro atoms. The zero-order valence-corrected chi connectivity index (χ0v) is 13.8. The number of nitrogens with zero attached hydrogens (tertiary/aromatic N) is 2. The summed E-state index contributed by atoms with van der Waals surface area (Å²) in [6, 6.07) is 8.57. The molecule has 1 heterocycles. The van der Waals surface area contributed by atoms with Gasteiger partial charge in [-0.2, -0.15) is 0 Å². The molecule has 2 rings (SSSR count). The van der Waals surface area contributed by atoms with Crippen LogP contribution in [0.1, 0.15) is 18.1 Å². The van der Waals surface area contributed by atoms with E-state index in [4.69, 9.17) is 4.74 Å². The van der Waals surface area contributed by atoms with Crippen molar-refractivity contribution in [2.24, 2.45) is 0 Å². The molecule has 0 saturated carbocycles. The van der Waals surface area contributed by atoms with Crippen molar-refractivity contribution in [3.8, 4) is 0 Å². The predicted molar refractivity (Wildman–Crippen MR) is 87.5 cm³/mol. The van der Waals surface area contributed by atoms with Gasteiger partial charge in [-0.25, -0.2) is 0 Å². The van der Waals surface area contributed by atoms with Crippen LogP contribution < -0.4 is 5.32 Å². The molecule has 22 heavy (non-hydrogen) atoms. The van der Waals surface area contributed by atoms with Gasteiger partial charge in [0.1, 0.15) is 0 Å². The Balaban J connectivity index is 1.75. The van der Waals surface area contributed by atoms with Crippen LogP contribution in [0.3, 0.4) is 0 Å². The average Bonchev–Trinajstić information content (AvgIpc) is 2.50. The fraction of sp³-hybridized carbons (Fsp3) is 0.588. The molecule has 122 valence electrons. The summed E-state index contributed by atoms with van der Waals surface area (Å²) in [5.41, 5.74) is 2.25. The van der Waals surface area contributed by atoms with Crippen LogP contribution in [0.25, 0.3) is 0 Å². The Morgan fingerprint density at radius 3 is 2.59 bits per heavy atom. The van der Waals surface area contributed by atoms with E-state index in [1.165, 1.54) is 0 Å². The van der Waals surface area contributed by atoms with Gasteiger partial charge in [0.2, 0.25) is 5.91 Å². The number of benzene rings is 1. The summed E-state index contributed by atoms with van der Waals surface area (Å²) in [6.45, 7) is 6.86. The lowest BCUT2D eigenvalue weighted by atomic mass is 10.1. The number of carbonyl (C=O) groups excluding carboxylic acids is 1. The Bertz CT molecular complexity index is 475. The molecule has 1 aromatic carbocycles. The highest BCUT2D eigenvalue weighted by Gasteiger charge is 2.22. The maximum absolute atomic E-state index is 12.1. The molecule has 5 heteroatoms. The Morgan fingerprint density at radius 1 is 1.27 bits per heavy atom. The molecule has 0 bridgehead atoms. The summed E-state index contributed by atoms with van der Waals surface area (Å²) >= 11 is 0. The van der Waals surface area contributed by atoms with E-state index in [9.17, 15) is 4.79 Å². The first kappa shape index (κ1) is 16.9. The third-order valence-corrected chi connectivity index (χ3v) is 4.14. The third kappa shape index (κ3) is 5.09. The second-order valence-electron chi connectivity index (χ2n) is 6.11. The second kappa shape index (κ2) is 8.27. The van der Waals surface area contributed by atoms with Crippen molar-refractivity contribution in [3.63, 3.8) is 0 Å². The van der Waals surface area contributed by atoms with E-state index >= 15 is 0 Å². The Morgan fingerprint density at radius 2 is 1.95 bits per heavy atom. The first-order valence-corrected chi connectivity index (χ1v) is 7.84. The number of ether oxygens (including phenoxy) is 1. The largest absolute Gasteiger partial charge is 0.380 e. The Kier molecular flexibility index (Phi) is 6.36. The molecular weight excluding hydrogens is 278 g/mol. The molecule has 5 nitrogen and oxygen atoms in total. The molecule has 1 fully saturated rings. The first-order valence-electron chi connectivity index (χ1n) is 7.84. The fourth-order valence-electron chi connectivity index (χ4n) is 2.77. The molecule has 1 atom stereocenters. The normalized spacial score (nSPS) is 20.0. The summed E-state index contributed by atoms with van der Waals surface area (Å²) in [4.78, 5) is 16.6. The van der Waals surface area contributed by atoms with Gasteiger partial charge < -0.3 is 15.0 Å². The van der Waals surface area contributed by atoms with Gasteiger partial charge in [-0.15, -0.1) is 0 Å². The first-order chi connectivity index (χ1) is 10.6. The maximum Gasteiger partial charge on any atom is 0.234 e.